The average Bonchev–Trinajstić information content (AvgIpc) is 3.13. The Morgan fingerprint density at radius 3 is 1.04 bits per heavy atom. The fourth-order valence-corrected chi connectivity index (χ4v) is 7.52. The van der Waals surface area contributed by atoms with Gasteiger partial charge in [0.1, 0.15) is 23.3 Å². The smallest absolute Gasteiger partial charge is 0.150 e. The molecular weight excluding hydrogens is 681 g/mol. The van der Waals surface area contributed by atoms with Gasteiger partial charge in [0.15, 0.2) is 0 Å². The maximum absolute atomic E-state index is 15.8. The monoisotopic (exact) mass is 720 g/mol. The van der Waals surface area contributed by atoms with Crippen molar-refractivity contribution in [3.8, 4) is 0 Å². The standard InChI is InChI=1S/C48H40F4N2/c1-47(2,3)31-11-17-35(18-12-31)53(43-25-15-33(49)27-39(43)51)41-23-9-29-8-22-38-42(24-10-30-7-21-37(41)45(29)46(30)38)54(44-26-16-34(50)28-40(44)52)36-19-13-32(14-20-36)48(4,5)6/h7-28H,1-6H3. The molecule has 0 unspecified atom stereocenters. The summed E-state index contributed by atoms with van der Waals surface area (Å²) in [5.74, 6) is -2.68. The molecule has 54 heavy (non-hydrogen) atoms. The summed E-state index contributed by atoms with van der Waals surface area (Å²) in [6, 6.07) is 39.5. The Kier molecular flexibility index (Phi) is 8.41. The minimum atomic E-state index is -0.683. The second kappa shape index (κ2) is 12.9. The van der Waals surface area contributed by atoms with Gasteiger partial charge >= 0.3 is 0 Å². The van der Waals surface area contributed by atoms with Gasteiger partial charge in [-0.1, -0.05) is 102 Å². The molecule has 0 saturated heterocycles. The zero-order chi connectivity index (χ0) is 38.1. The number of hydrogen-bond acceptors (Lipinski definition) is 2. The molecule has 6 heteroatoms. The first-order valence-electron chi connectivity index (χ1n) is 18.1. The molecule has 8 aromatic carbocycles. The molecule has 0 aromatic heterocycles. The first-order chi connectivity index (χ1) is 25.7. The van der Waals surface area contributed by atoms with E-state index in [0.29, 0.717) is 0 Å². The molecular formula is C48H40F4N2. The van der Waals surface area contributed by atoms with E-state index in [1.807, 2.05) is 107 Å². The highest BCUT2D eigenvalue weighted by Crippen LogP contribution is 2.48. The van der Waals surface area contributed by atoms with E-state index in [1.165, 1.54) is 24.3 Å². The van der Waals surface area contributed by atoms with Crippen LogP contribution in [0.5, 0.6) is 0 Å². The number of hydrogen-bond donors (Lipinski definition) is 0. The van der Waals surface area contributed by atoms with Crippen LogP contribution in [-0.2, 0) is 10.8 Å². The minimum Gasteiger partial charge on any atom is -0.307 e. The largest absolute Gasteiger partial charge is 0.307 e. The number of halogens is 4. The summed E-state index contributed by atoms with van der Waals surface area (Å²) in [5.41, 5.74) is 5.39. The Morgan fingerprint density at radius 1 is 0.370 bits per heavy atom. The highest BCUT2D eigenvalue weighted by molar-refractivity contribution is 6.28. The Labute approximate surface area is 313 Å². The van der Waals surface area contributed by atoms with Crippen LogP contribution in [0.3, 0.4) is 0 Å². The number of benzene rings is 8. The molecule has 0 aliphatic carbocycles. The fraction of sp³-hybridized carbons (Fsp3) is 0.167. The van der Waals surface area contributed by atoms with E-state index in [0.717, 1.165) is 78.3 Å². The van der Waals surface area contributed by atoms with Gasteiger partial charge in [-0.2, -0.15) is 0 Å². The van der Waals surface area contributed by atoms with Gasteiger partial charge in [0.25, 0.3) is 0 Å². The predicted octanol–water partition coefficient (Wildman–Crippen LogP) is 14.7. The lowest BCUT2D eigenvalue weighted by Gasteiger charge is -2.30. The van der Waals surface area contributed by atoms with Crippen molar-refractivity contribution < 1.29 is 17.6 Å². The van der Waals surface area contributed by atoms with Crippen molar-refractivity contribution in [1.29, 1.82) is 0 Å². The normalized spacial score (nSPS) is 12.3. The van der Waals surface area contributed by atoms with Gasteiger partial charge in [-0.15, -0.1) is 0 Å². The van der Waals surface area contributed by atoms with Gasteiger partial charge in [-0.25, -0.2) is 17.6 Å². The molecule has 0 aliphatic heterocycles. The van der Waals surface area contributed by atoms with Gasteiger partial charge in [0.2, 0.25) is 0 Å². The summed E-state index contributed by atoms with van der Waals surface area (Å²) in [5, 5.41) is 5.57. The Hall–Kier alpha value is -5.88. The van der Waals surface area contributed by atoms with Crippen molar-refractivity contribution in [3.63, 3.8) is 0 Å². The van der Waals surface area contributed by atoms with Gasteiger partial charge in [0, 0.05) is 34.3 Å². The zero-order valence-corrected chi connectivity index (χ0v) is 31.1. The van der Waals surface area contributed by atoms with Gasteiger partial charge in [-0.05, 0) is 104 Å². The van der Waals surface area contributed by atoms with Crippen molar-refractivity contribution in [2.75, 3.05) is 9.80 Å². The first-order valence-corrected chi connectivity index (χ1v) is 18.1. The lowest BCUT2D eigenvalue weighted by Crippen LogP contribution is -2.15. The third-order valence-electron chi connectivity index (χ3n) is 10.4. The molecule has 0 saturated carbocycles. The van der Waals surface area contributed by atoms with Crippen LogP contribution in [0.2, 0.25) is 0 Å². The lowest BCUT2D eigenvalue weighted by atomic mass is 9.87. The Balaban J connectivity index is 1.39. The fourth-order valence-electron chi connectivity index (χ4n) is 7.52. The van der Waals surface area contributed by atoms with Crippen LogP contribution in [-0.4, -0.2) is 0 Å². The van der Waals surface area contributed by atoms with Gasteiger partial charge in [-0.3, -0.25) is 0 Å². The molecule has 0 heterocycles. The molecule has 8 rings (SSSR count). The third-order valence-corrected chi connectivity index (χ3v) is 10.4. The molecule has 270 valence electrons. The molecule has 2 nitrogen and oxygen atoms in total. The molecule has 0 N–H and O–H groups in total. The van der Waals surface area contributed by atoms with Crippen LogP contribution in [0, 0.1) is 23.3 Å². The second-order valence-corrected chi connectivity index (χ2v) is 16.0. The van der Waals surface area contributed by atoms with Crippen molar-refractivity contribution in [2.24, 2.45) is 0 Å². The summed E-state index contributed by atoms with van der Waals surface area (Å²) < 4.78 is 60.2. The van der Waals surface area contributed by atoms with E-state index in [4.69, 9.17) is 0 Å². The van der Waals surface area contributed by atoms with E-state index in [9.17, 15) is 8.78 Å². The van der Waals surface area contributed by atoms with Crippen LogP contribution < -0.4 is 9.80 Å². The van der Waals surface area contributed by atoms with Crippen LogP contribution in [0.25, 0.3) is 32.3 Å². The van der Waals surface area contributed by atoms with Crippen molar-refractivity contribution in [3.05, 3.63) is 168 Å². The summed E-state index contributed by atoms with van der Waals surface area (Å²) in [4.78, 5) is 3.68. The maximum atomic E-state index is 15.8. The number of anilines is 6. The summed E-state index contributed by atoms with van der Waals surface area (Å²) in [7, 11) is 0. The molecule has 0 bridgehead atoms. The quantitative estimate of drug-likeness (QED) is 0.125. The molecule has 0 radical (unpaired) electrons. The Bertz CT molecular complexity index is 2480. The maximum Gasteiger partial charge on any atom is 0.150 e. The van der Waals surface area contributed by atoms with Gasteiger partial charge < -0.3 is 9.80 Å². The van der Waals surface area contributed by atoms with E-state index >= 15 is 8.78 Å². The summed E-state index contributed by atoms with van der Waals surface area (Å²) in [6.07, 6.45) is 0. The SMILES string of the molecule is CC(C)(C)c1ccc(N(c2ccc(F)cc2F)c2ccc3ccc4c(N(c5ccc(C(C)(C)C)cc5)c5ccc(F)cc5F)ccc5ccc2c3c54)cc1. The first kappa shape index (κ1) is 35.2. The molecule has 0 spiro atoms. The van der Waals surface area contributed by atoms with Gasteiger partial charge in [0.05, 0.1) is 22.7 Å². The predicted molar refractivity (Wildman–Crippen MR) is 217 cm³/mol. The Morgan fingerprint density at radius 2 is 0.704 bits per heavy atom. The van der Waals surface area contributed by atoms with E-state index in [-0.39, 0.29) is 22.2 Å². The van der Waals surface area contributed by atoms with E-state index in [2.05, 4.69) is 41.5 Å². The third kappa shape index (κ3) is 6.09. The molecule has 0 amide bonds. The van der Waals surface area contributed by atoms with Crippen LogP contribution in [0.1, 0.15) is 52.7 Å². The molecule has 0 aliphatic rings. The van der Waals surface area contributed by atoms with Crippen molar-refractivity contribution in [2.45, 2.75) is 52.4 Å². The second-order valence-electron chi connectivity index (χ2n) is 16.0. The summed E-state index contributed by atoms with van der Waals surface area (Å²) >= 11 is 0. The van der Waals surface area contributed by atoms with Crippen LogP contribution >= 0.6 is 0 Å². The molecule has 0 fully saturated rings. The number of nitrogens with zero attached hydrogens (tertiary/aromatic N) is 2. The molecule has 8 aromatic rings. The van der Waals surface area contributed by atoms with Crippen LogP contribution in [0.15, 0.2) is 133 Å². The number of rotatable bonds is 6. The molecule has 0 atom stereocenters. The topological polar surface area (TPSA) is 6.48 Å². The highest BCUT2D eigenvalue weighted by Gasteiger charge is 2.25. The summed E-state index contributed by atoms with van der Waals surface area (Å²) in [6.45, 7) is 12.8. The van der Waals surface area contributed by atoms with E-state index in [1.54, 1.807) is 0 Å². The van der Waals surface area contributed by atoms with Crippen molar-refractivity contribution >= 4 is 66.4 Å². The highest BCUT2D eigenvalue weighted by atomic mass is 19.1. The van der Waals surface area contributed by atoms with E-state index < -0.39 is 23.3 Å². The zero-order valence-electron chi connectivity index (χ0n) is 31.1. The average molecular weight is 721 g/mol. The lowest BCUT2D eigenvalue weighted by molar-refractivity contribution is 0.583. The van der Waals surface area contributed by atoms with Crippen LogP contribution in [0.4, 0.5) is 51.7 Å². The van der Waals surface area contributed by atoms with Crippen molar-refractivity contribution in [1.82, 2.24) is 0 Å². The minimum absolute atomic E-state index is 0.0888.